The van der Waals surface area contributed by atoms with Gasteiger partial charge in [0.1, 0.15) is 0 Å². The lowest BCUT2D eigenvalue weighted by Gasteiger charge is -2.14. The zero-order chi connectivity index (χ0) is 15.0. The molecule has 1 rings (SSSR count). The average molecular weight is 335 g/mol. The van der Waals surface area contributed by atoms with E-state index in [1.165, 1.54) is 7.11 Å². The van der Waals surface area contributed by atoms with Gasteiger partial charge in [-0.25, -0.2) is 0 Å². The van der Waals surface area contributed by atoms with Crippen molar-refractivity contribution < 1.29 is 12.6 Å². The zero-order valence-electron chi connectivity index (χ0n) is 11.4. The van der Waals surface area contributed by atoms with Crippen LogP contribution in [-0.4, -0.2) is 26.5 Å². The topological polar surface area (TPSA) is 43.4 Å². The van der Waals surface area contributed by atoms with Gasteiger partial charge < -0.3 is 0 Å². The van der Waals surface area contributed by atoms with E-state index in [1.54, 1.807) is 11.8 Å². The lowest BCUT2D eigenvalue weighted by atomic mass is 10.2. The van der Waals surface area contributed by atoms with Crippen molar-refractivity contribution in [3.8, 4) is 0 Å². The van der Waals surface area contributed by atoms with Crippen molar-refractivity contribution in [1.82, 2.24) is 0 Å². The van der Waals surface area contributed by atoms with E-state index >= 15 is 0 Å². The lowest BCUT2D eigenvalue weighted by molar-refractivity contribution is 0.396. The second-order valence-corrected chi connectivity index (χ2v) is 7.96. The molecule has 1 aromatic rings. The molecule has 112 valence electrons. The van der Waals surface area contributed by atoms with Crippen LogP contribution in [-0.2, 0) is 14.3 Å². The van der Waals surface area contributed by atoms with E-state index in [2.05, 4.69) is 10.8 Å². The maximum atomic E-state index is 11.3. The summed E-state index contributed by atoms with van der Waals surface area (Å²) in [5, 5.41) is 1.02. The molecular weight excluding hydrogens is 316 g/mol. The Balaban J connectivity index is 2.52. The van der Waals surface area contributed by atoms with Crippen LogP contribution in [0.2, 0.25) is 5.02 Å². The summed E-state index contributed by atoms with van der Waals surface area (Å²) in [6.45, 7) is 3.75. The second kappa shape index (κ2) is 8.72. The normalized spacial score (nSPS) is 13.1. The monoisotopic (exact) mass is 334 g/mol. The van der Waals surface area contributed by atoms with Crippen LogP contribution in [0.1, 0.15) is 19.3 Å². The van der Waals surface area contributed by atoms with Crippen LogP contribution in [0.15, 0.2) is 41.8 Å². The van der Waals surface area contributed by atoms with Crippen LogP contribution in [0.25, 0.3) is 0 Å². The fourth-order valence-electron chi connectivity index (χ4n) is 1.69. The Bertz CT molecular complexity index is 512. The van der Waals surface area contributed by atoms with Gasteiger partial charge in [0.25, 0.3) is 10.1 Å². The minimum atomic E-state index is -3.36. The molecule has 6 heteroatoms. The van der Waals surface area contributed by atoms with Crippen LogP contribution in [0.3, 0.4) is 0 Å². The minimum absolute atomic E-state index is 0.0539. The molecule has 0 bridgehead atoms. The first-order valence-corrected chi connectivity index (χ1v) is 9.12. The summed E-state index contributed by atoms with van der Waals surface area (Å²) < 4.78 is 27.0. The van der Waals surface area contributed by atoms with Gasteiger partial charge in [0.15, 0.2) is 0 Å². The number of benzene rings is 1. The molecule has 0 aliphatic carbocycles. The molecule has 0 aromatic heterocycles. The van der Waals surface area contributed by atoms with Crippen molar-refractivity contribution in [2.45, 2.75) is 29.4 Å². The van der Waals surface area contributed by atoms with Gasteiger partial charge in [-0.2, -0.15) is 8.42 Å². The molecule has 0 saturated heterocycles. The Morgan fingerprint density at radius 2 is 2.05 bits per heavy atom. The van der Waals surface area contributed by atoms with Crippen LogP contribution in [0.4, 0.5) is 0 Å². The molecule has 3 nitrogen and oxygen atoms in total. The Morgan fingerprint density at radius 3 is 2.60 bits per heavy atom. The van der Waals surface area contributed by atoms with Gasteiger partial charge in [0, 0.05) is 15.2 Å². The predicted octanol–water partition coefficient (Wildman–Crippen LogP) is 4.13. The number of allylic oxidation sites excluding steroid dienone is 1. The molecule has 1 atom stereocenters. The number of rotatable bonds is 9. The van der Waals surface area contributed by atoms with Crippen LogP contribution < -0.4 is 0 Å². The van der Waals surface area contributed by atoms with Gasteiger partial charge in [0.05, 0.1) is 12.9 Å². The SMILES string of the molecule is C=CCC(CCCS(=O)(=O)OC)Sc1ccc(Cl)cc1. The van der Waals surface area contributed by atoms with Gasteiger partial charge in [-0.3, -0.25) is 4.18 Å². The Kier molecular flexibility index (Phi) is 7.66. The summed E-state index contributed by atoms with van der Waals surface area (Å²) >= 11 is 7.57. The highest BCUT2D eigenvalue weighted by Crippen LogP contribution is 2.29. The first kappa shape index (κ1) is 17.6. The van der Waals surface area contributed by atoms with E-state index in [9.17, 15) is 8.42 Å². The maximum Gasteiger partial charge on any atom is 0.267 e. The predicted molar refractivity (Wildman–Crippen MR) is 85.9 cm³/mol. The lowest BCUT2D eigenvalue weighted by Crippen LogP contribution is -2.10. The van der Waals surface area contributed by atoms with Gasteiger partial charge in [-0.05, 0) is 43.5 Å². The second-order valence-electron chi connectivity index (χ2n) is 4.29. The van der Waals surface area contributed by atoms with E-state index in [4.69, 9.17) is 11.6 Å². The average Bonchev–Trinajstić information content (AvgIpc) is 2.41. The fraction of sp³-hybridized carbons (Fsp3) is 0.429. The van der Waals surface area contributed by atoms with E-state index in [0.29, 0.717) is 16.7 Å². The molecule has 0 heterocycles. The minimum Gasteiger partial charge on any atom is -0.273 e. The van der Waals surface area contributed by atoms with Gasteiger partial charge in [-0.15, -0.1) is 18.3 Å². The summed E-state index contributed by atoms with van der Waals surface area (Å²) in [6, 6.07) is 7.64. The molecule has 0 aliphatic rings. The zero-order valence-corrected chi connectivity index (χ0v) is 13.8. The summed E-state index contributed by atoms with van der Waals surface area (Å²) in [4.78, 5) is 1.12. The molecule has 0 amide bonds. The summed E-state index contributed by atoms with van der Waals surface area (Å²) in [7, 11) is -2.17. The third-order valence-electron chi connectivity index (χ3n) is 2.72. The Hall–Kier alpha value is -0.490. The molecule has 1 aromatic carbocycles. The van der Waals surface area contributed by atoms with Crippen molar-refractivity contribution in [2.75, 3.05) is 12.9 Å². The molecule has 0 saturated carbocycles. The molecular formula is C14H19ClO3S2. The molecule has 0 radical (unpaired) electrons. The fourth-order valence-corrected chi connectivity index (χ4v) is 3.70. The molecule has 1 unspecified atom stereocenters. The Morgan fingerprint density at radius 1 is 1.40 bits per heavy atom. The quantitative estimate of drug-likeness (QED) is 0.387. The standard InChI is InChI=1S/C14H19ClO3S2/c1-3-5-13(6-4-11-20(16,17)18-2)19-14-9-7-12(15)8-10-14/h3,7-10,13H,1,4-6,11H2,2H3. The van der Waals surface area contributed by atoms with Crippen LogP contribution >= 0.6 is 23.4 Å². The molecule has 0 N–H and O–H groups in total. The third-order valence-corrected chi connectivity index (χ3v) is 5.57. The van der Waals surface area contributed by atoms with Gasteiger partial charge in [-0.1, -0.05) is 17.7 Å². The largest absolute Gasteiger partial charge is 0.273 e. The Labute approximate surface area is 130 Å². The summed E-state index contributed by atoms with van der Waals surface area (Å²) in [6.07, 6.45) is 4.07. The third kappa shape index (κ3) is 6.79. The smallest absolute Gasteiger partial charge is 0.267 e. The number of hydrogen-bond acceptors (Lipinski definition) is 4. The highest BCUT2D eigenvalue weighted by atomic mass is 35.5. The van der Waals surface area contributed by atoms with Gasteiger partial charge >= 0.3 is 0 Å². The number of halogens is 1. The van der Waals surface area contributed by atoms with Crippen molar-refractivity contribution in [3.05, 3.63) is 41.9 Å². The van der Waals surface area contributed by atoms with Crippen LogP contribution in [0.5, 0.6) is 0 Å². The van der Waals surface area contributed by atoms with Gasteiger partial charge in [0.2, 0.25) is 0 Å². The number of thioether (sulfide) groups is 1. The highest BCUT2D eigenvalue weighted by molar-refractivity contribution is 8.00. The van der Waals surface area contributed by atoms with Crippen molar-refractivity contribution in [2.24, 2.45) is 0 Å². The molecule has 0 spiro atoms. The van der Waals surface area contributed by atoms with E-state index in [-0.39, 0.29) is 5.75 Å². The molecule has 20 heavy (non-hydrogen) atoms. The van der Waals surface area contributed by atoms with E-state index in [1.807, 2.05) is 30.3 Å². The maximum absolute atomic E-state index is 11.3. The molecule has 0 aliphatic heterocycles. The van der Waals surface area contributed by atoms with Crippen LogP contribution in [0, 0.1) is 0 Å². The highest BCUT2D eigenvalue weighted by Gasteiger charge is 2.13. The summed E-state index contributed by atoms with van der Waals surface area (Å²) in [5.74, 6) is 0.0539. The van der Waals surface area contributed by atoms with Crippen molar-refractivity contribution in [3.63, 3.8) is 0 Å². The van der Waals surface area contributed by atoms with Crippen molar-refractivity contribution in [1.29, 1.82) is 0 Å². The van der Waals surface area contributed by atoms with E-state index < -0.39 is 10.1 Å². The first-order chi connectivity index (χ1) is 9.46. The van der Waals surface area contributed by atoms with E-state index in [0.717, 1.165) is 17.7 Å². The number of hydrogen-bond donors (Lipinski definition) is 0. The summed E-state index contributed by atoms with van der Waals surface area (Å²) in [5.41, 5.74) is 0. The van der Waals surface area contributed by atoms with Crippen molar-refractivity contribution >= 4 is 33.5 Å². The first-order valence-electron chi connectivity index (χ1n) is 6.28. The molecule has 0 fully saturated rings.